The van der Waals surface area contributed by atoms with Gasteiger partial charge in [0.15, 0.2) is 0 Å². The number of hydrogen-bond donors (Lipinski definition) is 5. The molecule has 6 aliphatic rings. The number of ether oxygens (including phenoxy) is 4. The van der Waals surface area contributed by atoms with Crippen molar-refractivity contribution in [3.63, 3.8) is 0 Å². The monoisotopic (exact) mass is 1010 g/mol. The van der Waals surface area contributed by atoms with Gasteiger partial charge >= 0.3 is 23.9 Å². The lowest BCUT2D eigenvalue weighted by molar-refractivity contribution is -0.160. The molecule has 0 bridgehead atoms. The summed E-state index contributed by atoms with van der Waals surface area (Å²) >= 11 is 0. The van der Waals surface area contributed by atoms with Crippen molar-refractivity contribution >= 4 is 23.9 Å². The highest BCUT2D eigenvalue weighted by Gasteiger charge is 2.36. The zero-order chi connectivity index (χ0) is 52.8. The Kier molecular flexibility index (Phi) is 27.1. The molecule has 1 aromatic rings. The molecule has 72 heavy (non-hydrogen) atoms. The Bertz CT molecular complexity index is 1690. The van der Waals surface area contributed by atoms with Gasteiger partial charge in [0.25, 0.3) is 0 Å². The van der Waals surface area contributed by atoms with Crippen LogP contribution >= 0.6 is 0 Å². The minimum Gasteiger partial charge on any atom is -0.465 e. The Morgan fingerprint density at radius 3 is 1.38 bits per heavy atom. The summed E-state index contributed by atoms with van der Waals surface area (Å²) < 4.78 is 21.5. The predicted molar refractivity (Wildman–Crippen MR) is 278 cm³/mol. The van der Waals surface area contributed by atoms with E-state index in [1.165, 1.54) is 37.7 Å². The molecular weight excluding hydrogens is 917 g/mol. The van der Waals surface area contributed by atoms with E-state index in [-0.39, 0.29) is 96.7 Å². The first-order valence-electron chi connectivity index (χ1n) is 28.3. The second-order valence-electron chi connectivity index (χ2n) is 24.0. The Morgan fingerprint density at radius 2 is 0.972 bits per heavy atom. The molecule has 0 aromatic heterocycles. The quantitative estimate of drug-likeness (QED) is 0.0922. The van der Waals surface area contributed by atoms with Gasteiger partial charge < -0.3 is 44.5 Å². The van der Waals surface area contributed by atoms with Crippen LogP contribution in [-0.2, 0) is 44.7 Å². The number of aliphatic hydroxyl groups is 5. The van der Waals surface area contributed by atoms with Gasteiger partial charge in [0.05, 0.1) is 61.3 Å². The van der Waals surface area contributed by atoms with E-state index in [0.717, 1.165) is 94.4 Å². The lowest BCUT2D eigenvalue weighted by Crippen LogP contribution is -2.36. The van der Waals surface area contributed by atoms with Crippen molar-refractivity contribution in [1.82, 2.24) is 0 Å². The van der Waals surface area contributed by atoms with Gasteiger partial charge in [0.2, 0.25) is 0 Å². The molecule has 2 atom stereocenters. The average Bonchev–Trinajstić information content (AvgIpc) is 3.35. The number of benzene rings is 1. The smallest absolute Gasteiger partial charge is 0.309 e. The SMILES string of the molecule is CC(C)C1CCC(COC(=O)C2CCC(O)CC2)CC1.CC(C)c1ccc(COC(=O)C2CCC(O)CC2)cc1.CC1CC(OC(=O)C2CCC(O)CC2)CC(C)(C)C1.O=C(OCCO)C1CCC(O)CC1. The van der Waals surface area contributed by atoms with Gasteiger partial charge in [-0.3, -0.25) is 19.2 Å². The minimum absolute atomic E-state index is 0.0174. The van der Waals surface area contributed by atoms with Gasteiger partial charge in [0, 0.05) is 0 Å². The molecular formula is C59H98O13. The molecule has 1 aromatic carbocycles. The van der Waals surface area contributed by atoms with E-state index in [0.29, 0.717) is 69.5 Å². The third kappa shape index (κ3) is 22.8. The molecule has 6 fully saturated rings. The first kappa shape index (κ1) is 61.4. The van der Waals surface area contributed by atoms with Crippen molar-refractivity contribution in [2.75, 3.05) is 19.8 Å². The largest absolute Gasteiger partial charge is 0.465 e. The van der Waals surface area contributed by atoms with Gasteiger partial charge in [-0.1, -0.05) is 72.7 Å². The maximum atomic E-state index is 12.2. The number of carbonyl (C=O) groups is 4. The van der Waals surface area contributed by atoms with Gasteiger partial charge in [-0.2, -0.15) is 0 Å². The van der Waals surface area contributed by atoms with E-state index in [4.69, 9.17) is 24.1 Å². The fourth-order valence-electron chi connectivity index (χ4n) is 11.7. The number of carbonyl (C=O) groups excluding carboxylic acids is 4. The van der Waals surface area contributed by atoms with Crippen molar-refractivity contribution in [3.8, 4) is 0 Å². The molecule has 0 amide bonds. The maximum Gasteiger partial charge on any atom is 0.309 e. The first-order chi connectivity index (χ1) is 34.2. The van der Waals surface area contributed by atoms with Crippen LogP contribution in [0.25, 0.3) is 0 Å². The maximum absolute atomic E-state index is 12.2. The van der Waals surface area contributed by atoms with Crippen molar-refractivity contribution in [2.45, 2.75) is 239 Å². The van der Waals surface area contributed by atoms with Crippen LogP contribution in [0, 0.1) is 52.8 Å². The van der Waals surface area contributed by atoms with Gasteiger partial charge in [-0.25, -0.2) is 0 Å². The normalized spacial score (nSPS) is 31.4. The summed E-state index contributed by atoms with van der Waals surface area (Å²) in [6.45, 7) is 16.6. The standard InChI is InChI=1S/C17H30O3.C17H24O3.C16H28O3.C9H16O4/c2*1-12(2)14-5-3-13(4-6-14)11-20-17(19)15-7-9-16(18)10-8-15;1-11-8-14(10-16(2,3)9-11)19-15(18)12-4-6-13(17)7-5-12;10-5-6-13-9(12)7-1-3-8(11)4-2-7/h12-16,18H,3-11H2,1-2H3;3-6,12,15-16,18H,7-11H2,1-2H3;11-14,17H,4-10H2,1-3H3;7-8,10-11H,1-6H2. The molecule has 13 nitrogen and oxygen atoms in total. The Hall–Kier alpha value is -3.10. The van der Waals surface area contributed by atoms with Crippen LogP contribution in [0.1, 0.15) is 213 Å². The number of esters is 4. The average molecular weight is 1020 g/mol. The van der Waals surface area contributed by atoms with E-state index < -0.39 is 0 Å². The summed E-state index contributed by atoms with van der Waals surface area (Å²) in [5.74, 6) is 2.90. The summed E-state index contributed by atoms with van der Waals surface area (Å²) in [4.78, 5) is 47.4. The molecule has 0 radical (unpaired) electrons. The van der Waals surface area contributed by atoms with E-state index in [1.54, 1.807) is 0 Å². The molecule has 13 heteroatoms. The number of hydrogen-bond acceptors (Lipinski definition) is 13. The molecule has 0 heterocycles. The van der Waals surface area contributed by atoms with Gasteiger partial charge in [-0.15, -0.1) is 0 Å². The fraction of sp³-hybridized carbons (Fsp3) is 0.831. The third-order valence-electron chi connectivity index (χ3n) is 16.4. The van der Waals surface area contributed by atoms with Crippen molar-refractivity contribution < 1.29 is 63.7 Å². The Labute approximate surface area is 433 Å². The van der Waals surface area contributed by atoms with Crippen LogP contribution in [0.3, 0.4) is 0 Å². The van der Waals surface area contributed by atoms with Crippen molar-refractivity contribution in [2.24, 2.45) is 52.8 Å². The topological polar surface area (TPSA) is 206 Å². The van der Waals surface area contributed by atoms with Crippen LogP contribution < -0.4 is 0 Å². The van der Waals surface area contributed by atoms with Crippen molar-refractivity contribution in [3.05, 3.63) is 35.4 Å². The van der Waals surface area contributed by atoms with E-state index in [1.807, 2.05) is 12.1 Å². The zero-order valence-electron chi connectivity index (χ0n) is 45.5. The summed E-state index contributed by atoms with van der Waals surface area (Å²) in [7, 11) is 0. The highest BCUT2D eigenvalue weighted by Crippen LogP contribution is 2.41. The molecule has 2 unspecified atom stereocenters. The van der Waals surface area contributed by atoms with E-state index >= 15 is 0 Å². The number of aliphatic hydroxyl groups excluding tert-OH is 5. The third-order valence-corrected chi connectivity index (χ3v) is 16.4. The Balaban J connectivity index is 0.000000211. The Morgan fingerprint density at radius 1 is 0.556 bits per heavy atom. The molecule has 412 valence electrons. The second-order valence-corrected chi connectivity index (χ2v) is 24.0. The fourth-order valence-corrected chi connectivity index (χ4v) is 11.7. The summed E-state index contributed by atoms with van der Waals surface area (Å²) in [5.41, 5.74) is 2.60. The van der Waals surface area contributed by atoms with Crippen LogP contribution in [0.15, 0.2) is 24.3 Å². The summed E-state index contributed by atoms with van der Waals surface area (Å²) in [6, 6.07) is 8.22. The van der Waals surface area contributed by atoms with Crippen LogP contribution in [0.5, 0.6) is 0 Å². The molecule has 5 N–H and O–H groups in total. The summed E-state index contributed by atoms with van der Waals surface area (Å²) in [6.07, 6.45) is 19.2. The number of rotatable bonds is 13. The lowest BCUT2D eigenvalue weighted by atomic mass is 9.71. The van der Waals surface area contributed by atoms with Crippen LogP contribution in [0.2, 0.25) is 0 Å². The molecule has 0 saturated heterocycles. The molecule has 6 aliphatic carbocycles. The van der Waals surface area contributed by atoms with Gasteiger partial charge in [-0.05, 0) is 194 Å². The highest BCUT2D eigenvalue weighted by molar-refractivity contribution is 5.74. The first-order valence-corrected chi connectivity index (χ1v) is 28.3. The van der Waals surface area contributed by atoms with Gasteiger partial charge in [0.1, 0.15) is 19.3 Å². The zero-order valence-corrected chi connectivity index (χ0v) is 45.5. The van der Waals surface area contributed by atoms with Crippen molar-refractivity contribution in [1.29, 1.82) is 0 Å². The van der Waals surface area contributed by atoms with E-state index in [2.05, 4.69) is 60.6 Å². The minimum atomic E-state index is -0.248. The molecule has 7 rings (SSSR count). The highest BCUT2D eigenvalue weighted by atomic mass is 16.6. The lowest BCUT2D eigenvalue weighted by Gasteiger charge is -2.39. The van der Waals surface area contributed by atoms with Crippen LogP contribution in [-0.4, -0.2) is 99.8 Å². The second kappa shape index (κ2) is 31.7. The summed E-state index contributed by atoms with van der Waals surface area (Å²) in [5, 5.41) is 46.0. The predicted octanol–water partition coefficient (Wildman–Crippen LogP) is 10.3. The molecule has 0 spiro atoms. The molecule has 0 aliphatic heterocycles. The van der Waals surface area contributed by atoms with E-state index in [9.17, 15) is 39.6 Å². The molecule has 6 saturated carbocycles. The van der Waals surface area contributed by atoms with Crippen LogP contribution in [0.4, 0.5) is 0 Å².